The van der Waals surface area contributed by atoms with E-state index in [1.54, 1.807) is 13.1 Å². The van der Waals surface area contributed by atoms with Crippen LogP contribution in [0.2, 0.25) is 0 Å². The zero-order chi connectivity index (χ0) is 17.8. The molecule has 2 aliphatic heterocycles. The highest BCUT2D eigenvalue weighted by molar-refractivity contribution is 6.21. The van der Waals surface area contributed by atoms with Gasteiger partial charge in [0.25, 0.3) is 5.91 Å². The molecule has 0 aliphatic carbocycles. The summed E-state index contributed by atoms with van der Waals surface area (Å²) in [5.74, 6) is 0.337. The first kappa shape index (κ1) is 16.1. The normalized spacial score (nSPS) is 19.3. The van der Waals surface area contributed by atoms with Gasteiger partial charge < -0.3 is 0 Å². The maximum Gasteiger partial charge on any atom is 0.402 e. The fourth-order valence-electron chi connectivity index (χ4n) is 3.22. The van der Waals surface area contributed by atoms with Gasteiger partial charge in [-0.15, -0.1) is 0 Å². The summed E-state index contributed by atoms with van der Waals surface area (Å²) in [5, 5.41) is 0. The van der Waals surface area contributed by atoms with Crippen LogP contribution in [0.4, 0.5) is 10.7 Å². The molecule has 0 bridgehead atoms. The molecule has 1 unspecified atom stereocenters. The summed E-state index contributed by atoms with van der Waals surface area (Å²) in [4.78, 5) is 43.6. The van der Waals surface area contributed by atoms with E-state index in [4.69, 9.17) is 0 Å². The van der Waals surface area contributed by atoms with Crippen molar-refractivity contribution in [1.29, 1.82) is 0 Å². The molecule has 0 saturated carbocycles. The smallest absolute Gasteiger partial charge is 0.298 e. The van der Waals surface area contributed by atoms with Crippen molar-refractivity contribution in [2.24, 2.45) is 4.99 Å². The van der Waals surface area contributed by atoms with E-state index in [0.717, 1.165) is 16.3 Å². The Kier molecular flexibility index (Phi) is 3.62. The van der Waals surface area contributed by atoms with Crippen LogP contribution in [-0.2, 0) is 16.1 Å². The Balaban J connectivity index is 2.15. The Morgan fingerprint density at radius 2 is 2.04 bits per heavy atom. The molecule has 3 heterocycles. The molecule has 3 amide bonds. The molecule has 0 N–H and O–H groups in total. The van der Waals surface area contributed by atoms with E-state index in [2.05, 4.69) is 11.6 Å². The number of amidine groups is 1. The zero-order valence-electron chi connectivity index (χ0n) is 14.2. The number of imide groups is 1. The minimum absolute atomic E-state index is 0.229. The van der Waals surface area contributed by atoms with Gasteiger partial charge in [0.15, 0.2) is 0 Å². The molecule has 1 fully saturated rings. The predicted molar refractivity (Wildman–Crippen MR) is 86.0 cm³/mol. The van der Waals surface area contributed by atoms with Gasteiger partial charge in [0.1, 0.15) is 17.2 Å². The summed E-state index contributed by atoms with van der Waals surface area (Å²) in [7, 11) is 1.57. The quantitative estimate of drug-likeness (QED) is 0.600. The summed E-state index contributed by atoms with van der Waals surface area (Å²) in [6, 6.07) is -1.24. The van der Waals surface area contributed by atoms with Crippen molar-refractivity contribution in [2.45, 2.75) is 33.4 Å². The Morgan fingerprint density at radius 3 is 2.62 bits per heavy atom. The molecule has 24 heavy (non-hydrogen) atoms. The number of ketones is 1. The number of likely N-dealkylation sites (N-methyl/N-ethyl adjacent to an activating group) is 1. The lowest BCUT2D eigenvalue weighted by Crippen LogP contribution is -2.58. The molecular formula is C16H20N5O3+. The van der Waals surface area contributed by atoms with E-state index in [1.807, 2.05) is 23.0 Å². The minimum atomic E-state index is -0.716. The van der Waals surface area contributed by atoms with Gasteiger partial charge in [0.05, 0.1) is 13.1 Å². The topological polar surface area (TPSA) is 78.9 Å². The third-order valence-corrected chi connectivity index (χ3v) is 4.52. The third kappa shape index (κ3) is 2.02. The number of carbonyl (C=O) groups excluding carboxylic acids is 3. The van der Waals surface area contributed by atoms with E-state index in [1.165, 1.54) is 11.8 Å². The maximum absolute atomic E-state index is 12.9. The van der Waals surface area contributed by atoms with E-state index >= 15 is 0 Å². The number of fused-ring (bicyclic) bond motifs is 3. The van der Waals surface area contributed by atoms with Crippen LogP contribution in [-0.4, -0.2) is 51.5 Å². The molecule has 1 aromatic rings. The van der Waals surface area contributed by atoms with Gasteiger partial charge in [-0.1, -0.05) is 17.6 Å². The van der Waals surface area contributed by atoms with Crippen LogP contribution < -0.4 is 4.57 Å². The van der Waals surface area contributed by atoms with E-state index < -0.39 is 18.0 Å². The first-order chi connectivity index (χ1) is 11.3. The van der Waals surface area contributed by atoms with Crippen LogP contribution in [0.3, 0.4) is 0 Å². The second-order valence-electron chi connectivity index (χ2n) is 6.08. The zero-order valence-corrected chi connectivity index (χ0v) is 14.2. The molecule has 0 spiro atoms. The molecule has 8 heteroatoms. The van der Waals surface area contributed by atoms with Crippen LogP contribution in [0.5, 0.6) is 0 Å². The van der Waals surface area contributed by atoms with E-state index in [-0.39, 0.29) is 12.3 Å². The second-order valence-corrected chi connectivity index (χ2v) is 6.08. The summed E-state index contributed by atoms with van der Waals surface area (Å²) < 4.78 is 3.78. The number of amides is 3. The van der Waals surface area contributed by atoms with Gasteiger partial charge >= 0.3 is 12.0 Å². The standard InChI is InChI=1S/C16H20N5O3/c1-6-7-19-10(3)11(4)21-12-13(17-15(19)21)18(5)16(24)20(14(12)23)8-9(2)22/h6,12H,1,7-8H2,2-5H3/q+1. The summed E-state index contributed by atoms with van der Waals surface area (Å²) >= 11 is 0. The first-order valence-corrected chi connectivity index (χ1v) is 7.68. The molecule has 3 rings (SSSR count). The monoisotopic (exact) mass is 330 g/mol. The van der Waals surface area contributed by atoms with Gasteiger partial charge in [-0.25, -0.2) is 13.9 Å². The minimum Gasteiger partial charge on any atom is -0.298 e. The molecule has 1 aromatic heterocycles. The number of aliphatic imine (C=N–C) groups is 1. The van der Waals surface area contributed by atoms with Crippen molar-refractivity contribution in [2.75, 3.05) is 13.6 Å². The van der Waals surface area contributed by atoms with Gasteiger partial charge in [-0.05, 0) is 20.8 Å². The fraction of sp³-hybridized carbons (Fsp3) is 0.438. The Bertz CT molecular complexity index is 820. The molecule has 8 nitrogen and oxygen atoms in total. The van der Waals surface area contributed by atoms with Gasteiger partial charge in [0, 0.05) is 7.05 Å². The second kappa shape index (κ2) is 5.40. The number of rotatable bonds is 4. The van der Waals surface area contributed by atoms with Crippen molar-refractivity contribution in [3.05, 3.63) is 24.0 Å². The number of urea groups is 1. The lowest BCUT2D eigenvalue weighted by atomic mass is 10.1. The maximum atomic E-state index is 12.9. The summed E-state index contributed by atoms with van der Waals surface area (Å²) in [6.07, 6.45) is 1.76. The van der Waals surface area contributed by atoms with Gasteiger partial charge in [0.2, 0.25) is 11.9 Å². The van der Waals surface area contributed by atoms with Crippen molar-refractivity contribution in [1.82, 2.24) is 14.4 Å². The van der Waals surface area contributed by atoms with Crippen molar-refractivity contribution < 1.29 is 19.0 Å². The highest BCUT2D eigenvalue weighted by atomic mass is 16.2. The largest absolute Gasteiger partial charge is 0.402 e. The number of Topliss-reactive ketones (excluding diaryl/α,β-unsaturated/α-hetero) is 1. The van der Waals surface area contributed by atoms with Crippen molar-refractivity contribution in [3.63, 3.8) is 0 Å². The number of nitrogens with zero attached hydrogens (tertiary/aromatic N) is 5. The Labute approximate surface area is 139 Å². The van der Waals surface area contributed by atoms with E-state index in [9.17, 15) is 14.4 Å². The highest BCUT2D eigenvalue weighted by Gasteiger charge is 2.54. The fourth-order valence-corrected chi connectivity index (χ4v) is 3.22. The SMILES string of the molecule is C=CC[n+]1c(C)c(C)n2c1N=C1C2C(=O)N(CC(C)=O)C(=O)N1C. The molecule has 1 saturated heterocycles. The molecule has 1 atom stereocenters. The summed E-state index contributed by atoms with van der Waals surface area (Å²) in [6.45, 7) is 9.30. The number of hydrogen-bond acceptors (Lipinski definition) is 4. The van der Waals surface area contributed by atoms with Gasteiger partial charge in [-0.2, -0.15) is 0 Å². The molecule has 126 valence electrons. The average Bonchev–Trinajstić information content (AvgIpc) is 3.02. The number of allylic oxidation sites excluding steroid dienone is 1. The summed E-state index contributed by atoms with van der Waals surface area (Å²) in [5.41, 5.74) is 1.88. The first-order valence-electron chi connectivity index (χ1n) is 7.68. The van der Waals surface area contributed by atoms with E-state index in [0.29, 0.717) is 18.3 Å². The molecule has 0 radical (unpaired) electrons. The van der Waals surface area contributed by atoms with Crippen LogP contribution in [0.1, 0.15) is 24.4 Å². The van der Waals surface area contributed by atoms with Crippen molar-refractivity contribution >= 4 is 29.5 Å². The molecule has 0 aromatic carbocycles. The van der Waals surface area contributed by atoms with Gasteiger partial charge in [-0.3, -0.25) is 19.4 Å². The predicted octanol–water partition coefficient (Wildman–Crippen LogP) is 0.646. The van der Waals surface area contributed by atoms with Crippen LogP contribution in [0.25, 0.3) is 0 Å². The lowest BCUT2D eigenvalue weighted by Gasteiger charge is -2.32. The van der Waals surface area contributed by atoms with Crippen LogP contribution in [0.15, 0.2) is 17.6 Å². The van der Waals surface area contributed by atoms with Crippen LogP contribution in [0, 0.1) is 13.8 Å². The third-order valence-electron chi connectivity index (χ3n) is 4.52. The Hall–Kier alpha value is -2.77. The van der Waals surface area contributed by atoms with Crippen LogP contribution >= 0.6 is 0 Å². The lowest BCUT2D eigenvalue weighted by molar-refractivity contribution is -0.679. The average molecular weight is 330 g/mol. The Morgan fingerprint density at radius 1 is 1.38 bits per heavy atom. The molecular weight excluding hydrogens is 310 g/mol. The molecule has 2 aliphatic rings. The number of aromatic nitrogens is 2. The van der Waals surface area contributed by atoms with Crippen molar-refractivity contribution in [3.8, 4) is 0 Å². The number of carbonyl (C=O) groups is 3. The number of imidazole rings is 1. The number of hydrogen-bond donors (Lipinski definition) is 0. The highest BCUT2D eigenvalue weighted by Crippen LogP contribution is 2.35.